The van der Waals surface area contributed by atoms with Gasteiger partial charge in [0.15, 0.2) is 0 Å². The Balaban J connectivity index is 0.00000133. The van der Waals surface area contributed by atoms with E-state index in [1.807, 2.05) is 36.3 Å². The SMILES string of the molecule is CCON1CCCc2c1c1ccccc1[nH]c2=O.Cl. The molecule has 0 saturated heterocycles. The molecule has 1 aromatic carbocycles. The first kappa shape index (κ1) is 13.9. The summed E-state index contributed by atoms with van der Waals surface area (Å²) in [4.78, 5) is 20.7. The monoisotopic (exact) mass is 280 g/mol. The first-order chi connectivity index (χ1) is 8.81. The second kappa shape index (κ2) is 5.63. The van der Waals surface area contributed by atoms with Crippen LogP contribution in [0.2, 0.25) is 0 Å². The van der Waals surface area contributed by atoms with Crippen LogP contribution in [-0.2, 0) is 11.3 Å². The molecule has 102 valence electrons. The number of fused-ring (bicyclic) bond motifs is 3. The zero-order valence-corrected chi connectivity index (χ0v) is 11.6. The molecular formula is C14H17ClN2O2. The lowest BCUT2D eigenvalue weighted by molar-refractivity contribution is 0.116. The Kier molecular flexibility index (Phi) is 4.12. The van der Waals surface area contributed by atoms with Gasteiger partial charge in [-0.05, 0) is 25.8 Å². The third-order valence-electron chi connectivity index (χ3n) is 3.31. The number of rotatable bonds is 2. The third-order valence-corrected chi connectivity index (χ3v) is 3.31. The molecule has 0 spiro atoms. The number of pyridine rings is 1. The maximum atomic E-state index is 12.1. The van der Waals surface area contributed by atoms with Crippen molar-refractivity contribution in [3.63, 3.8) is 0 Å². The molecule has 0 radical (unpaired) electrons. The van der Waals surface area contributed by atoms with Crippen LogP contribution in [0.25, 0.3) is 10.9 Å². The molecule has 1 aliphatic rings. The summed E-state index contributed by atoms with van der Waals surface area (Å²) < 4.78 is 0. The first-order valence-electron chi connectivity index (χ1n) is 6.35. The van der Waals surface area contributed by atoms with Crippen molar-refractivity contribution in [1.82, 2.24) is 4.98 Å². The van der Waals surface area contributed by atoms with E-state index in [1.54, 1.807) is 0 Å². The van der Waals surface area contributed by atoms with Crippen LogP contribution in [-0.4, -0.2) is 18.1 Å². The Hall–Kier alpha value is -1.52. The van der Waals surface area contributed by atoms with Gasteiger partial charge in [0.1, 0.15) is 0 Å². The van der Waals surface area contributed by atoms with Crippen molar-refractivity contribution in [1.29, 1.82) is 0 Å². The maximum absolute atomic E-state index is 12.1. The zero-order valence-electron chi connectivity index (χ0n) is 10.8. The Morgan fingerprint density at radius 2 is 2.16 bits per heavy atom. The molecule has 0 aliphatic carbocycles. The van der Waals surface area contributed by atoms with Gasteiger partial charge in [0.05, 0.1) is 17.8 Å². The fourth-order valence-electron chi connectivity index (χ4n) is 2.58. The molecule has 0 bridgehead atoms. The Morgan fingerprint density at radius 3 is 2.95 bits per heavy atom. The molecule has 1 N–H and O–H groups in total. The average Bonchev–Trinajstić information content (AvgIpc) is 2.40. The van der Waals surface area contributed by atoms with Gasteiger partial charge in [-0.2, -0.15) is 0 Å². The topological polar surface area (TPSA) is 45.3 Å². The second-order valence-electron chi connectivity index (χ2n) is 4.45. The van der Waals surface area contributed by atoms with Crippen LogP contribution in [0.3, 0.4) is 0 Å². The number of nitrogens with zero attached hydrogens (tertiary/aromatic N) is 1. The van der Waals surface area contributed by atoms with Crippen LogP contribution in [0.1, 0.15) is 18.9 Å². The minimum Gasteiger partial charge on any atom is -0.322 e. The van der Waals surface area contributed by atoms with Gasteiger partial charge in [0.2, 0.25) is 0 Å². The van der Waals surface area contributed by atoms with E-state index in [4.69, 9.17) is 4.84 Å². The standard InChI is InChI=1S/C14H16N2O2.ClH/c1-2-18-16-9-5-7-11-13(16)10-6-3-4-8-12(10)15-14(11)17;/h3-4,6,8H,2,5,7,9H2,1H3,(H,15,17);1H. The smallest absolute Gasteiger partial charge is 0.253 e. The van der Waals surface area contributed by atoms with Gasteiger partial charge < -0.3 is 4.98 Å². The molecule has 0 saturated carbocycles. The summed E-state index contributed by atoms with van der Waals surface area (Å²) in [5.41, 5.74) is 2.66. The predicted molar refractivity (Wildman–Crippen MR) is 79.1 cm³/mol. The Labute approximate surface area is 117 Å². The highest BCUT2D eigenvalue weighted by atomic mass is 35.5. The van der Waals surface area contributed by atoms with E-state index in [0.29, 0.717) is 6.61 Å². The number of nitrogens with one attached hydrogen (secondary N) is 1. The third kappa shape index (κ3) is 2.33. The fraction of sp³-hybridized carbons (Fsp3) is 0.357. The van der Waals surface area contributed by atoms with Gasteiger partial charge in [-0.25, -0.2) is 0 Å². The number of H-pyrrole nitrogens is 1. The van der Waals surface area contributed by atoms with E-state index in [0.717, 1.165) is 41.5 Å². The number of hydrogen-bond acceptors (Lipinski definition) is 3. The molecule has 1 aromatic heterocycles. The first-order valence-corrected chi connectivity index (χ1v) is 6.35. The molecule has 5 heteroatoms. The molecule has 3 rings (SSSR count). The zero-order chi connectivity index (χ0) is 12.5. The highest BCUT2D eigenvalue weighted by molar-refractivity contribution is 5.93. The molecule has 0 unspecified atom stereocenters. The molecule has 0 fully saturated rings. The molecule has 0 atom stereocenters. The summed E-state index contributed by atoms with van der Waals surface area (Å²) >= 11 is 0. The van der Waals surface area contributed by atoms with Crippen LogP contribution in [0.15, 0.2) is 29.1 Å². The summed E-state index contributed by atoms with van der Waals surface area (Å²) in [5.74, 6) is 0. The molecule has 19 heavy (non-hydrogen) atoms. The molecule has 4 nitrogen and oxygen atoms in total. The average molecular weight is 281 g/mol. The van der Waals surface area contributed by atoms with Crippen LogP contribution >= 0.6 is 12.4 Å². The van der Waals surface area contributed by atoms with Crippen molar-refractivity contribution < 1.29 is 4.84 Å². The largest absolute Gasteiger partial charge is 0.322 e. The van der Waals surface area contributed by atoms with Crippen molar-refractivity contribution >= 4 is 29.0 Å². The lowest BCUT2D eigenvalue weighted by atomic mass is 10.0. The lowest BCUT2D eigenvalue weighted by Gasteiger charge is -2.30. The molecule has 2 aromatic rings. The summed E-state index contributed by atoms with van der Waals surface area (Å²) in [6, 6.07) is 7.87. The van der Waals surface area contributed by atoms with Crippen molar-refractivity contribution in [3.05, 3.63) is 40.2 Å². The normalized spacial score (nSPS) is 14.1. The van der Waals surface area contributed by atoms with Crippen molar-refractivity contribution in [3.8, 4) is 0 Å². The Bertz CT molecular complexity index is 639. The second-order valence-corrected chi connectivity index (χ2v) is 4.45. The number of hydroxylamine groups is 1. The van der Waals surface area contributed by atoms with Crippen LogP contribution < -0.4 is 10.6 Å². The highest BCUT2D eigenvalue weighted by Crippen LogP contribution is 2.31. The molecule has 1 aliphatic heterocycles. The van der Waals surface area contributed by atoms with Gasteiger partial charge in [-0.15, -0.1) is 12.4 Å². The van der Waals surface area contributed by atoms with Gasteiger partial charge in [0.25, 0.3) is 5.56 Å². The van der Waals surface area contributed by atoms with Crippen LogP contribution in [0.4, 0.5) is 5.69 Å². The minimum absolute atomic E-state index is 0. The quantitative estimate of drug-likeness (QED) is 0.920. The highest BCUT2D eigenvalue weighted by Gasteiger charge is 2.22. The summed E-state index contributed by atoms with van der Waals surface area (Å²) in [6.45, 7) is 3.42. The lowest BCUT2D eigenvalue weighted by Crippen LogP contribution is -2.33. The number of para-hydroxylation sites is 1. The van der Waals surface area contributed by atoms with Gasteiger partial charge in [-0.3, -0.25) is 14.7 Å². The molecule has 2 heterocycles. The maximum Gasteiger partial charge on any atom is 0.253 e. The number of aromatic amines is 1. The summed E-state index contributed by atoms with van der Waals surface area (Å²) in [5, 5.41) is 2.93. The van der Waals surface area contributed by atoms with Crippen molar-refractivity contribution in [2.24, 2.45) is 0 Å². The van der Waals surface area contributed by atoms with Gasteiger partial charge >= 0.3 is 0 Å². The molecule has 0 amide bonds. The van der Waals surface area contributed by atoms with Crippen LogP contribution in [0, 0.1) is 0 Å². The minimum atomic E-state index is 0. The van der Waals surface area contributed by atoms with Gasteiger partial charge in [-0.1, -0.05) is 18.2 Å². The number of hydrogen-bond donors (Lipinski definition) is 1. The number of benzene rings is 1. The van der Waals surface area contributed by atoms with E-state index in [9.17, 15) is 4.79 Å². The van der Waals surface area contributed by atoms with E-state index in [2.05, 4.69) is 4.98 Å². The van der Waals surface area contributed by atoms with Crippen LogP contribution in [0.5, 0.6) is 0 Å². The number of anilines is 1. The summed E-state index contributed by atoms with van der Waals surface area (Å²) in [7, 11) is 0. The molecular weight excluding hydrogens is 264 g/mol. The number of aromatic nitrogens is 1. The van der Waals surface area contributed by atoms with E-state index in [-0.39, 0.29) is 18.0 Å². The van der Waals surface area contributed by atoms with E-state index in [1.165, 1.54) is 0 Å². The predicted octanol–water partition coefficient (Wildman–Crippen LogP) is 2.65. The van der Waals surface area contributed by atoms with E-state index >= 15 is 0 Å². The van der Waals surface area contributed by atoms with Crippen molar-refractivity contribution in [2.45, 2.75) is 19.8 Å². The van der Waals surface area contributed by atoms with Gasteiger partial charge in [0, 0.05) is 17.5 Å². The van der Waals surface area contributed by atoms with Crippen molar-refractivity contribution in [2.75, 3.05) is 18.2 Å². The number of halogens is 1. The summed E-state index contributed by atoms with van der Waals surface area (Å²) in [6.07, 6.45) is 1.77. The fourth-order valence-corrected chi connectivity index (χ4v) is 2.58. The van der Waals surface area contributed by atoms with E-state index < -0.39 is 0 Å². The Morgan fingerprint density at radius 1 is 1.37 bits per heavy atom.